The van der Waals surface area contributed by atoms with Crippen molar-refractivity contribution < 1.29 is 23.8 Å². The maximum absolute atomic E-state index is 12.1. The lowest BCUT2D eigenvalue weighted by molar-refractivity contribution is -0.136. The van der Waals surface area contributed by atoms with E-state index in [0.29, 0.717) is 48.5 Å². The minimum Gasteiger partial charge on any atom is -0.495 e. The number of anilines is 1. The molecule has 0 radical (unpaired) electrons. The molecule has 1 fully saturated rings. The van der Waals surface area contributed by atoms with Gasteiger partial charge in [-0.1, -0.05) is 11.6 Å². The van der Waals surface area contributed by atoms with Gasteiger partial charge in [0, 0.05) is 38.3 Å². The Bertz CT molecular complexity index is 620. The van der Waals surface area contributed by atoms with E-state index in [4.69, 9.17) is 25.8 Å². The Balaban J connectivity index is 1.88. The smallest absolute Gasteiger partial charge is 0.313 e. The molecule has 8 nitrogen and oxygen atoms in total. The lowest BCUT2D eigenvalue weighted by Crippen LogP contribution is -2.43. The van der Waals surface area contributed by atoms with Gasteiger partial charge in [0.1, 0.15) is 11.5 Å². The van der Waals surface area contributed by atoms with E-state index < -0.39 is 11.8 Å². The van der Waals surface area contributed by atoms with Crippen LogP contribution in [0.15, 0.2) is 12.1 Å². The van der Waals surface area contributed by atoms with Gasteiger partial charge in [-0.25, -0.2) is 0 Å². The van der Waals surface area contributed by atoms with Crippen molar-refractivity contribution in [2.45, 2.75) is 0 Å². The zero-order valence-electron chi connectivity index (χ0n) is 14.3. The molecule has 0 atom stereocenters. The number of halogens is 1. The fraction of sp³-hybridized carbons (Fsp3) is 0.500. The fourth-order valence-electron chi connectivity index (χ4n) is 2.37. The molecule has 2 amide bonds. The topological polar surface area (TPSA) is 89.1 Å². The summed E-state index contributed by atoms with van der Waals surface area (Å²) < 4.78 is 15.5. The average molecular weight is 372 g/mol. The first-order chi connectivity index (χ1) is 12.0. The highest BCUT2D eigenvalue weighted by atomic mass is 35.5. The molecule has 0 unspecified atom stereocenters. The van der Waals surface area contributed by atoms with E-state index in [9.17, 15) is 9.59 Å². The first kappa shape index (κ1) is 19.3. The summed E-state index contributed by atoms with van der Waals surface area (Å²) in [5.74, 6) is -0.806. The van der Waals surface area contributed by atoms with E-state index in [1.54, 1.807) is 0 Å². The van der Waals surface area contributed by atoms with Crippen LogP contribution in [0.2, 0.25) is 5.02 Å². The molecule has 0 spiro atoms. The van der Waals surface area contributed by atoms with E-state index in [1.165, 1.54) is 26.4 Å². The standard InChI is InChI=1S/C16H22ClN3O5/c1-23-13-10-12(14(24-2)9-11(13)17)19-16(22)15(21)18-3-4-20-5-7-25-8-6-20/h9-10H,3-8H2,1-2H3,(H,18,21)(H,19,22). The van der Waals surface area contributed by atoms with Crippen molar-refractivity contribution in [1.82, 2.24) is 10.2 Å². The number of benzene rings is 1. The summed E-state index contributed by atoms with van der Waals surface area (Å²) >= 11 is 6.01. The van der Waals surface area contributed by atoms with Gasteiger partial charge in [-0.15, -0.1) is 0 Å². The largest absolute Gasteiger partial charge is 0.495 e. The molecule has 0 aliphatic carbocycles. The highest BCUT2D eigenvalue weighted by Crippen LogP contribution is 2.35. The normalized spacial score (nSPS) is 14.7. The number of nitrogens with one attached hydrogen (secondary N) is 2. The molecule has 9 heteroatoms. The molecule has 1 heterocycles. The Kier molecular flexibility index (Phi) is 7.30. The minimum absolute atomic E-state index is 0.303. The Morgan fingerprint density at radius 3 is 2.48 bits per heavy atom. The van der Waals surface area contributed by atoms with E-state index in [1.807, 2.05) is 0 Å². The molecule has 0 saturated carbocycles. The van der Waals surface area contributed by atoms with Crippen LogP contribution in [-0.4, -0.2) is 70.3 Å². The second-order valence-electron chi connectivity index (χ2n) is 5.35. The van der Waals surface area contributed by atoms with Crippen LogP contribution in [0.25, 0.3) is 0 Å². The molecular formula is C16H22ClN3O5. The maximum Gasteiger partial charge on any atom is 0.313 e. The zero-order valence-corrected chi connectivity index (χ0v) is 15.0. The van der Waals surface area contributed by atoms with Gasteiger partial charge < -0.3 is 24.8 Å². The maximum atomic E-state index is 12.1. The Labute approximate surface area is 151 Å². The summed E-state index contributed by atoms with van der Waals surface area (Å²) in [6, 6.07) is 3.01. The molecule has 2 N–H and O–H groups in total. The molecule has 1 aromatic rings. The number of carbonyl (C=O) groups excluding carboxylic acids is 2. The molecule has 1 aliphatic rings. The highest BCUT2D eigenvalue weighted by Gasteiger charge is 2.18. The van der Waals surface area contributed by atoms with Crippen LogP contribution in [-0.2, 0) is 14.3 Å². The van der Waals surface area contributed by atoms with Gasteiger partial charge in [0.15, 0.2) is 0 Å². The summed E-state index contributed by atoms with van der Waals surface area (Å²) in [5.41, 5.74) is 0.303. The molecule has 25 heavy (non-hydrogen) atoms. The first-order valence-corrected chi connectivity index (χ1v) is 8.23. The fourth-order valence-corrected chi connectivity index (χ4v) is 2.60. The van der Waals surface area contributed by atoms with Crippen LogP contribution in [0.1, 0.15) is 0 Å². The van der Waals surface area contributed by atoms with Crippen LogP contribution in [0, 0.1) is 0 Å². The molecule has 0 bridgehead atoms. The number of ether oxygens (including phenoxy) is 3. The van der Waals surface area contributed by atoms with E-state index in [2.05, 4.69) is 15.5 Å². The number of methoxy groups -OCH3 is 2. The number of amides is 2. The van der Waals surface area contributed by atoms with Crippen molar-refractivity contribution in [3.8, 4) is 11.5 Å². The number of hydrogen-bond donors (Lipinski definition) is 2. The van der Waals surface area contributed by atoms with Crippen LogP contribution >= 0.6 is 11.6 Å². The van der Waals surface area contributed by atoms with E-state index in [0.717, 1.165) is 13.1 Å². The summed E-state index contributed by atoms with van der Waals surface area (Å²) in [6.07, 6.45) is 0. The van der Waals surface area contributed by atoms with Crippen molar-refractivity contribution in [3.63, 3.8) is 0 Å². The third kappa shape index (κ3) is 5.48. The van der Waals surface area contributed by atoms with E-state index >= 15 is 0 Å². The molecule has 138 valence electrons. The van der Waals surface area contributed by atoms with Crippen LogP contribution in [0.3, 0.4) is 0 Å². The van der Waals surface area contributed by atoms with Gasteiger partial charge in [0.2, 0.25) is 0 Å². The minimum atomic E-state index is -0.787. The third-order valence-corrected chi connectivity index (χ3v) is 4.04. The second kappa shape index (κ2) is 9.45. The zero-order chi connectivity index (χ0) is 18.2. The number of hydrogen-bond acceptors (Lipinski definition) is 6. The monoisotopic (exact) mass is 371 g/mol. The predicted molar refractivity (Wildman–Crippen MR) is 93.5 cm³/mol. The molecule has 2 rings (SSSR count). The molecule has 0 aromatic heterocycles. The first-order valence-electron chi connectivity index (χ1n) is 7.86. The third-order valence-electron chi connectivity index (χ3n) is 3.75. The number of carbonyl (C=O) groups is 2. The second-order valence-corrected chi connectivity index (χ2v) is 5.76. The number of rotatable bonds is 6. The molecule has 1 aliphatic heterocycles. The summed E-state index contributed by atoms with van der Waals surface area (Å²) in [4.78, 5) is 26.2. The Morgan fingerprint density at radius 2 is 1.84 bits per heavy atom. The molecule has 1 saturated heterocycles. The van der Waals surface area contributed by atoms with Gasteiger partial charge in [0.25, 0.3) is 0 Å². The number of morpholine rings is 1. The van der Waals surface area contributed by atoms with Crippen LogP contribution in [0.5, 0.6) is 11.5 Å². The van der Waals surface area contributed by atoms with Crippen LogP contribution in [0.4, 0.5) is 5.69 Å². The lowest BCUT2D eigenvalue weighted by atomic mass is 10.2. The molecular weight excluding hydrogens is 350 g/mol. The van der Waals surface area contributed by atoms with Crippen molar-refractivity contribution >= 4 is 29.1 Å². The van der Waals surface area contributed by atoms with Crippen molar-refractivity contribution in [1.29, 1.82) is 0 Å². The predicted octanol–water partition coefficient (Wildman–Crippen LogP) is 0.744. The quantitative estimate of drug-likeness (QED) is 0.717. The van der Waals surface area contributed by atoms with E-state index in [-0.39, 0.29) is 0 Å². The van der Waals surface area contributed by atoms with Gasteiger partial charge >= 0.3 is 11.8 Å². The van der Waals surface area contributed by atoms with Gasteiger partial charge in [-0.3, -0.25) is 14.5 Å². The summed E-state index contributed by atoms with van der Waals surface area (Å²) in [7, 11) is 2.90. The Hall–Kier alpha value is -2.03. The van der Waals surface area contributed by atoms with Crippen molar-refractivity contribution in [2.75, 3.05) is 58.9 Å². The van der Waals surface area contributed by atoms with Crippen LogP contribution < -0.4 is 20.1 Å². The highest BCUT2D eigenvalue weighted by molar-refractivity contribution is 6.40. The van der Waals surface area contributed by atoms with Crippen molar-refractivity contribution in [3.05, 3.63) is 17.2 Å². The van der Waals surface area contributed by atoms with Crippen molar-refractivity contribution in [2.24, 2.45) is 0 Å². The Morgan fingerprint density at radius 1 is 1.16 bits per heavy atom. The lowest BCUT2D eigenvalue weighted by Gasteiger charge is -2.26. The van der Waals surface area contributed by atoms with Gasteiger partial charge in [-0.05, 0) is 0 Å². The number of nitrogens with zero attached hydrogens (tertiary/aromatic N) is 1. The summed E-state index contributed by atoms with van der Waals surface area (Å²) in [6.45, 7) is 4.07. The SMILES string of the molecule is COc1cc(NC(=O)C(=O)NCCN2CCOCC2)c(OC)cc1Cl. The average Bonchev–Trinajstić information content (AvgIpc) is 2.63. The van der Waals surface area contributed by atoms with Gasteiger partial charge in [-0.2, -0.15) is 0 Å². The molecule has 1 aromatic carbocycles. The summed E-state index contributed by atoms with van der Waals surface area (Å²) in [5, 5.41) is 5.44. The van der Waals surface area contributed by atoms with Gasteiger partial charge in [0.05, 0.1) is 38.1 Å².